The van der Waals surface area contributed by atoms with Gasteiger partial charge in [-0.05, 0) is 78.4 Å². The molecule has 2 aliphatic rings. The molecule has 3 nitrogen and oxygen atoms in total. The molecular weight excluding hydrogens is 476 g/mol. The summed E-state index contributed by atoms with van der Waals surface area (Å²) in [5, 5.41) is 12.0. The zero-order valence-electron chi connectivity index (χ0n) is 26.6. The van der Waals surface area contributed by atoms with Crippen LogP contribution in [0.4, 0.5) is 0 Å². The molecule has 0 saturated heterocycles. The third-order valence-corrected chi connectivity index (χ3v) is 8.83. The molecule has 3 aromatic carbocycles. The predicted octanol–water partition coefficient (Wildman–Crippen LogP) is 8.61. The zero-order valence-corrected chi connectivity index (χ0v) is 22.6. The van der Waals surface area contributed by atoms with Crippen molar-refractivity contribution in [2.45, 2.75) is 58.2 Å². The third-order valence-electron chi connectivity index (χ3n) is 8.83. The highest BCUT2D eigenvalue weighted by Gasteiger charge is 2.28. The second kappa shape index (κ2) is 9.69. The maximum absolute atomic E-state index is 10.2. The van der Waals surface area contributed by atoms with Crippen LogP contribution in [0.5, 0.6) is 0 Å². The van der Waals surface area contributed by atoms with E-state index in [0.717, 1.165) is 58.9 Å². The van der Waals surface area contributed by atoms with Crippen molar-refractivity contribution in [3.05, 3.63) is 89.1 Å². The number of aryl methyl sites for hydroxylation is 3. The lowest BCUT2D eigenvalue weighted by atomic mass is 9.71. The van der Waals surface area contributed by atoms with Crippen LogP contribution in [0.2, 0.25) is 0 Å². The molecule has 7 rings (SSSR count). The Morgan fingerprint density at radius 1 is 0.872 bits per heavy atom. The maximum Gasteiger partial charge on any atom is 0.216 e. The van der Waals surface area contributed by atoms with Crippen LogP contribution in [-0.2, 0) is 19.8 Å². The van der Waals surface area contributed by atoms with Crippen LogP contribution in [0, 0.1) is 30.1 Å². The smallest absolute Gasteiger partial charge is 0.216 e. The summed E-state index contributed by atoms with van der Waals surface area (Å²) >= 11 is 0. The summed E-state index contributed by atoms with van der Waals surface area (Å²) in [5.41, 5.74) is 6.95. The van der Waals surface area contributed by atoms with Crippen LogP contribution in [0.3, 0.4) is 0 Å². The molecule has 2 aliphatic carbocycles. The van der Waals surface area contributed by atoms with Gasteiger partial charge < -0.3 is 4.42 Å². The van der Waals surface area contributed by atoms with Crippen LogP contribution in [0.1, 0.15) is 66.3 Å². The first kappa shape index (κ1) is 20.1. The minimum Gasteiger partial charge on any atom is -0.454 e. The summed E-state index contributed by atoms with van der Waals surface area (Å²) in [7, 11) is 2.01. The van der Waals surface area contributed by atoms with E-state index in [1.165, 1.54) is 6.42 Å². The summed E-state index contributed by atoms with van der Waals surface area (Å²) in [6.07, 6.45) is 4.17. The third kappa shape index (κ3) is 4.05. The monoisotopic (exact) mass is 515 g/mol. The van der Waals surface area contributed by atoms with Gasteiger partial charge in [0.15, 0.2) is 6.20 Å². The van der Waals surface area contributed by atoms with E-state index in [2.05, 4.69) is 35.8 Å². The molecule has 0 bridgehead atoms. The molecule has 0 spiro atoms. The molecule has 1 atom stereocenters. The molecular formula is C36H35N2O+. The number of hydrogen-bond donors (Lipinski definition) is 0. The number of rotatable bonds is 3. The Labute approximate surface area is 236 Å². The van der Waals surface area contributed by atoms with Crippen molar-refractivity contribution in [1.29, 1.82) is 5.26 Å². The minimum atomic E-state index is -1.68. The number of aromatic nitrogens is 1. The average molecular weight is 516 g/mol. The molecule has 0 amide bonds. The molecule has 2 heterocycles. The van der Waals surface area contributed by atoms with Crippen molar-refractivity contribution in [2.75, 3.05) is 0 Å². The average Bonchev–Trinajstić information content (AvgIpc) is 3.38. The lowest BCUT2D eigenvalue weighted by molar-refractivity contribution is -0.660. The van der Waals surface area contributed by atoms with Crippen molar-refractivity contribution in [1.82, 2.24) is 0 Å². The summed E-state index contributed by atoms with van der Waals surface area (Å²) in [6, 6.07) is 21.7. The molecule has 3 heteroatoms. The summed E-state index contributed by atoms with van der Waals surface area (Å²) in [4.78, 5) is 0. The van der Waals surface area contributed by atoms with E-state index < -0.39 is 12.7 Å². The lowest BCUT2D eigenvalue weighted by Crippen LogP contribution is -2.30. The molecule has 0 radical (unpaired) electrons. The molecule has 1 fully saturated rings. The molecule has 1 unspecified atom stereocenters. The number of nitriles is 1. The van der Waals surface area contributed by atoms with Gasteiger partial charge in [0.05, 0.1) is 17.2 Å². The standard InChI is InChI=1S/C36H35N2O/c1-23-11-17-30-31-18-16-29(22-37)34(36(31)39-35(30)33(23)32-10-6-7-19-38(32)2)28-15-14-26-20-25(12-13-27(26)21-28)24-8-4-3-5-9-24/h6-7,10-11,14-19,21,24-25H,3-5,8-9,12-13,20H2,1-2H3/q+1/i13D2,20D2. The van der Waals surface area contributed by atoms with Crippen molar-refractivity contribution >= 4 is 21.9 Å². The Bertz CT molecular complexity index is 1950. The Balaban J connectivity index is 1.44. The van der Waals surface area contributed by atoms with Crippen LogP contribution >= 0.6 is 0 Å². The summed E-state index contributed by atoms with van der Waals surface area (Å²) in [6.45, 7) is 2.07. The quantitative estimate of drug-likeness (QED) is 0.226. The predicted molar refractivity (Wildman–Crippen MR) is 157 cm³/mol. The topological polar surface area (TPSA) is 40.8 Å². The van der Waals surface area contributed by atoms with Gasteiger partial charge >= 0.3 is 0 Å². The maximum atomic E-state index is 10.2. The first-order valence-corrected chi connectivity index (χ1v) is 14.1. The largest absolute Gasteiger partial charge is 0.454 e. The first-order chi connectivity index (χ1) is 20.6. The Kier molecular flexibility index (Phi) is 4.98. The molecule has 5 aromatic rings. The van der Waals surface area contributed by atoms with Gasteiger partial charge in [-0.15, -0.1) is 0 Å². The van der Waals surface area contributed by atoms with Crippen molar-refractivity contribution in [2.24, 2.45) is 18.9 Å². The van der Waals surface area contributed by atoms with Gasteiger partial charge in [0.25, 0.3) is 0 Å². The van der Waals surface area contributed by atoms with E-state index >= 15 is 0 Å². The highest BCUT2D eigenvalue weighted by atomic mass is 16.3. The van der Waals surface area contributed by atoms with Crippen LogP contribution in [0.25, 0.3) is 44.3 Å². The van der Waals surface area contributed by atoms with Gasteiger partial charge in [0, 0.05) is 34.0 Å². The zero-order chi connectivity index (χ0) is 30.1. The summed E-state index contributed by atoms with van der Waals surface area (Å²) in [5.74, 6) is -0.152. The molecule has 0 aliphatic heterocycles. The highest BCUT2D eigenvalue weighted by molar-refractivity contribution is 6.14. The Hall–Kier alpha value is -3.90. The van der Waals surface area contributed by atoms with Crippen molar-refractivity contribution in [3.8, 4) is 28.5 Å². The lowest BCUT2D eigenvalue weighted by Gasteiger charge is -2.34. The first-order valence-electron chi connectivity index (χ1n) is 16.1. The highest BCUT2D eigenvalue weighted by Crippen LogP contribution is 2.43. The van der Waals surface area contributed by atoms with E-state index in [0.29, 0.717) is 33.4 Å². The van der Waals surface area contributed by atoms with Crippen LogP contribution in [0.15, 0.2) is 71.3 Å². The second-order valence-electron chi connectivity index (χ2n) is 11.2. The van der Waals surface area contributed by atoms with Gasteiger partial charge in [0.1, 0.15) is 18.2 Å². The number of benzene rings is 3. The van der Waals surface area contributed by atoms with Crippen molar-refractivity contribution in [3.63, 3.8) is 0 Å². The Morgan fingerprint density at radius 2 is 1.67 bits per heavy atom. The summed E-state index contributed by atoms with van der Waals surface area (Å²) < 4.78 is 45.4. The van der Waals surface area contributed by atoms with E-state index in [4.69, 9.17) is 7.16 Å². The second-order valence-corrected chi connectivity index (χ2v) is 11.2. The van der Waals surface area contributed by atoms with Crippen molar-refractivity contribution < 1.29 is 14.5 Å². The van der Waals surface area contributed by atoms with Gasteiger partial charge in [-0.2, -0.15) is 5.26 Å². The SMILES string of the molecule is [2H]C1([2H])CC(C2CCCCC2)C([2H])([2H])c2ccc(-c3c(C#N)ccc4c3oc3c(-c5cccc[n+]5C)c(C)ccc34)cc21. The molecule has 1 saturated carbocycles. The number of nitrogens with zero attached hydrogens (tertiary/aromatic N) is 2. The van der Waals surface area contributed by atoms with Gasteiger partial charge in [0.2, 0.25) is 5.69 Å². The van der Waals surface area contributed by atoms with E-state index in [1.54, 1.807) is 18.2 Å². The van der Waals surface area contributed by atoms with E-state index in [1.807, 2.05) is 37.5 Å². The van der Waals surface area contributed by atoms with Crippen LogP contribution < -0.4 is 4.57 Å². The van der Waals surface area contributed by atoms with E-state index in [9.17, 15) is 8.00 Å². The van der Waals surface area contributed by atoms with E-state index in [-0.39, 0.29) is 18.3 Å². The molecule has 39 heavy (non-hydrogen) atoms. The Morgan fingerprint density at radius 3 is 2.46 bits per heavy atom. The van der Waals surface area contributed by atoms with Gasteiger partial charge in [-0.3, -0.25) is 0 Å². The fraction of sp³-hybridized carbons (Fsp3) is 0.333. The molecule has 0 N–H and O–H groups in total. The normalized spacial score (nSPS) is 21.9. The molecule has 2 aromatic heterocycles. The number of fused-ring (bicyclic) bond motifs is 4. The van der Waals surface area contributed by atoms with Gasteiger partial charge in [-0.1, -0.05) is 62.4 Å². The fourth-order valence-electron chi connectivity index (χ4n) is 6.75. The minimum absolute atomic E-state index is 0.164. The molecule has 194 valence electrons. The fourth-order valence-corrected chi connectivity index (χ4v) is 6.75. The number of pyridine rings is 1. The number of furan rings is 1. The van der Waals surface area contributed by atoms with Crippen LogP contribution in [-0.4, -0.2) is 0 Å². The number of hydrogen-bond acceptors (Lipinski definition) is 2. The van der Waals surface area contributed by atoms with Gasteiger partial charge in [-0.25, -0.2) is 4.57 Å².